The first kappa shape index (κ1) is 19.2. The molecule has 1 aromatic rings. The van der Waals surface area contributed by atoms with Gasteiger partial charge in [0.1, 0.15) is 11.4 Å². The summed E-state index contributed by atoms with van der Waals surface area (Å²) < 4.78 is 6.41. The molecule has 0 radical (unpaired) electrons. The molecule has 1 amide bonds. The largest absolute Gasteiger partial charge is 0.444 e. The molecule has 24 heavy (non-hydrogen) atoms. The molecule has 0 atom stereocenters. The van der Waals surface area contributed by atoms with Crippen LogP contribution in [0.15, 0.2) is 10.7 Å². The molecule has 1 saturated heterocycles. The van der Waals surface area contributed by atoms with Gasteiger partial charge >= 0.3 is 6.09 Å². The molecule has 0 saturated carbocycles. The molecule has 0 bridgehead atoms. The molecule has 2 rings (SSSR count). The van der Waals surface area contributed by atoms with E-state index in [0.29, 0.717) is 19.0 Å². The molecule has 0 spiro atoms. The van der Waals surface area contributed by atoms with Gasteiger partial charge in [-0.2, -0.15) is 0 Å². The minimum absolute atomic E-state index is 0.0767. The van der Waals surface area contributed by atoms with Crippen molar-refractivity contribution in [1.82, 2.24) is 14.9 Å². The standard InChI is InChI=1S/C18H28BrN3O2/c1-17(2,3)15-20-11-13(19)14(21-15)12-7-9-22(10-8-12)16(23)24-18(4,5)6/h11-12H,7-10H2,1-6H3. The van der Waals surface area contributed by atoms with Crippen molar-refractivity contribution in [3.8, 4) is 0 Å². The lowest BCUT2D eigenvalue weighted by atomic mass is 9.91. The third-order valence-corrected chi connectivity index (χ3v) is 4.59. The summed E-state index contributed by atoms with van der Waals surface area (Å²) in [4.78, 5) is 23.2. The van der Waals surface area contributed by atoms with E-state index in [1.54, 1.807) is 4.90 Å². The highest BCUT2D eigenvalue weighted by atomic mass is 79.9. The van der Waals surface area contributed by atoms with Gasteiger partial charge in [-0.1, -0.05) is 20.8 Å². The fourth-order valence-corrected chi connectivity index (χ4v) is 3.20. The van der Waals surface area contributed by atoms with E-state index in [-0.39, 0.29) is 11.5 Å². The van der Waals surface area contributed by atoms with Crippen LogP contribution in [0.3, 0.4) is 0 Å². The highest BCUT2D eigenvalue weighted by Gasteiger charge is 2.30. The van der Waals surface area contributed by atoms with Crippen molar-refractivity contribution >= 4 is 22.0 Å². The van der Waals surface area contributed by atoms with Crippen LogP contribution in [-0.4, -0.2) is 39.7 Å². The lowest BCUT2D eigenvalue weighted by Gasteiger charge is -2.33. The van der Waals surface area contributed by atoms with Crippen molar-refractivity contribution in [3.05, 3.63) is 22.2 Å². The van der Waals surface area contributed by atoms with Crippen molar-refractivity contribution in [3.63, 3.8) is 0 Å². The van der Waals surface area contributed by atoms with E-state index >= 15 is 0 Å². The zero-order valence-corrected chi connectivity index (χ0v) is 17.1. The van der Waals surface area contributed by atoms with Crippen molar-refractivity contribution in [1.29, 1.82) is 0 Å². The van der Waals surface area contributed by atoms with Crippen molar-refractivity contribution in [2.24, 2.45) is 0 Å². The number of amides is 1. The smallest absolute Gasteiger partial charge is 0.410 e. The maximum Gasteiger partial charge on any atom is 0.410 e. The minimum atomic E-state index is -0.453. The Labute approximate surface area is 153 Å². The molecule has 0 aromatic carbocycles. The Balaban J connectivity index is 2.06. The molecule has 1 fully saturated rings. The van der Waals surface area contributed by atoms with Crippen molar-refractivity contribution < 1.29 is 9.53 Å². The summed E-state index contributed by atoms with van der Waals surface area (Å²) in [6, 6.07) is 0. The molecule has 1 aromatic heterocycles. The van der Waals surface area contributed by atoms with Crippen LogP contribution in [0.5, 0.6) is 0 Å². The Hall–Kier alpha value is -1.17. The summed E-state index contributed by atoms with van der Waals surface area (Å²) in [6.07, 6.45) is 3.40. The molecular formula is C18H28BrN3O2. The topological polar surface area (TPSA) is 55.3 Å². The third kappa shape index (κ3) is 4.91. The van der Waals surface area contributed by atoms with Crippen molar-refractivity contribution in [2.45, 2.75) is 71.3 Å². The molecule has 2 heterocycles. The van der Waals surface area contributed by atoms with Gasteiger partial charge in [0.15, 0.2) is 0 Å². The van der Waals surface area contributed by atoms with Gasteiger partial charge in [-0.05, 0) is 49.5 Å². The van der Waals surface area contributed by atoms with Crippen LogP contribution < -0.4 is 0 Å². The van der Waals surface area contributed by atoms with Crippen LogP contribution in [0.4, 0.5) is 4.79 Å². The number of nitrogens with zero attached hydrogens (tertiary/aromatic N) is 3. The number of hydrogen-bond acceptors (Lipinski definition) is 4. The van der Waals surface area contributed by atoms with E-state index in [1.165, 1.54) is 0 Å². The summed E-state index contributed by atoms with van der Waals surface area (Å²) >= 11 is 3.59. The molecule has 0 unspecified atom stereocenters. The zero-order valence-electron chi connectivity index (χ0n) is 15.5. The van der Waals surface area contributed by atoms with E-state index in [0.717, 1.165) is 28.8 Å². The molecule has 134 valence electrons. The first-order valence-corrected chi connectivity index (χ1v) is 9.27. The van der Waals surface area contributed by atoms with E-state index in [4.69, 9.17) is 9.72 Å². The highest BCUT2D eigenvalue weighted by Crippen LogP contribution is 2.33. The Morgan fingerprint density at radius 1 is 1.21 bits per heavy atom. The number of ether oxygens (including phenoxy) is 1. The quantitative estimate of drug-likeness (QED) is 0.691. The van der Waals surface area contributed by atoms with Crippen LogP contribution in [0.2, 0.25) is 0 Å². The maximum absolute atomic E-state index is 12.2. The normalized spacial score (nSPS) is 17.0. The van der Waals surface area contributed by atoms with Crippen LogP contribution in [-0.2, 0) is 10.2 Å². The van der Waals surface area contributed by atoms with Crippen molar-refractivity contribution in [2.75, 3.05) is 13.1 Å². The SMILES string of the molecule is CC(C)(C)OC(=O)N1CCC(c2nc(C(C)(C)C)ncc2Br)CC1. The first-order chi connectivity index (χ1) is 11.0. The predicted molar refractivity (Wildman–Crippen MR) is 98.2 cm³/mol. The molecule has 6 heteroatoms. The Kier molecular flexibility index (Phi) is 5.57. The molecular weight excluding hydrogens is 370 g/mol. The second kappa shape index (κ2) is 6.98. The Bertz CT molecular complexity index is 597. The van der Waals surface area contributed by atoms with E-state index in [1.807, 2.05) is 27.0 Å². The minimum Gasteiger partial charge on any atom is -0.444 e. The second-order valence-electron chi connectivity index (χ2n) is 8.42. The van der Waals surface area contributed by atoms with Crippen LogP contribution >= 0.6 is 15.9 Å². The number of carbonyl (C=O) groups is 1. The average Bonchev–Trinajstić information content (AvgIpc) is 2.45. The number of likely N-dealkylation sites (tertiary alicyclic amines) is 1. The number of piperidine rings is 1. The highest BCUT2D eigenvalue weighted by molar-refractivity contribution is 9.10. The van der Waals surface area contributed by atoms with Crippen LogP contribution in [0.1, 0.15) is 71.8 Å². The third-order valence-electron chi connectivity index (χ3n) is 3.98. The van der Waals surface area contributed by atoms with Gasteiger partial charge in [0.05, 0.1) is 10.2 Å². The summed E-state index contributed by atoms with van der Waals surface area (Å²) in [6.45, 7) is 13.4. The predicted octanol–water partition coefficient (Wildman–Crippen LogP) is 4.65. The van der Waals surface area contributed by atoms with Gasteiger partial charge in [0.2, 0.25) is 0 Å². The van der Waals surface area contributed by atoms with Gasteiger partial charge in [0, 0.05) is 30.6 Å². The molecule has 0 aliphatic carbocycles. The number of hydrogen-bond donors (Lipinski definition) is 0. The van der Waals surface area contributed by atoms with Gasteiger partial charge in [-0.25, -0.2) is 14.8 Å². The molecule has 5 nitrogen and oxygen atoms in total. The number of halogens is 1. The summed E-state index contributed by atoms with van der Waals surface area (Å²) in [5.74, 6) is 1.19. The fourth-order valence-electron chi connectivity index (χ4n) is 2.69. The monoisotopic (exact) mass is 397 g/mol. The lowest BCUT2D eigenvalue weighted by molar-refractivity contribution is 0.0204. The zero-order chi connectivity index (χ0) is 18.1. The van der Waals surface area contributed by atoms with E-state index < -0.39 is 5.60 Å². The maximum atomic E-state index is 12.2. The van der Waals surface area contributed by atoms with Gasteiger partial charge < -0.3 is 9.64 Å². The molecule has 1 aliphatic heterocycles. The van der Waals surface area contributed by atoms with Gasteiger partial charge in [0.25, 0.3) is 0 Å². The molecule has 0 N–H and O–H groups in total. The molecule has 1 aliphatic rings. The number of aromatic nitrogens is 2. The number of carbonyl (C=O) groups excluding carboxylic acids is 1. The van der Waals surface area contributed by atoms with Crippen LogP contribution in [0.25, 0.3) is 0 Å². The lowest BCUT2D eigenvalue weighted by Crippen LogP contribution is -2.41. The fraction of sp³-hybridized carbons (Fsp3) is 0.722. The van der Waals surface area contributed by atoms with Gasteiger partial charge in [-0.3, -0.25) is 0 Å². The average molecular weight is 398 g/mol. The van der Waals surface area contributed by atoms with E-state index in [9.17, 15) is 4.79 Å². The van der Waals surface area contributed by atoms with E-state index in [2.05, 4.69) is 41.7 Å². The summed E-state index contributed by atoms with van der Waals surface area (Å²) in [5, 5.41) is 0. The number of rotatable bonds is 1. The summed E-state index contributed by atoms with van der Waals surface area (Å²) in [7, 11) is 0. The summed E-state index contributed by atoms with van der Waals surface area (Å²) in [5.41, 5.74) is 0.525. The Morgan fingerprint density at radius 2 is 1.79 bits per heavy atom. The second-order valence-corrected chi connectivity index (χ2v) is 9.27. The first-order valence-electron chi connectivity index (χ1n) is 8.48. The Morgan fingerprint density at radius 3 is 2.29 bits per heavy atom. The van der Waals surface area contributed by atoms with Gasteiger partial charge in [-0.15, -0.1) is 0 Å². The van der Waals surface area contributed by atoms with Crippen LogP contribution in [0, 0.1) is 0 Å².